The lowest BCUT2D eigenvalue weighted by molar-refractivity contribution is 1.13. The molecule has 0 bridgehead atoms. The smallest absolute Gasteiger partial charge is 0.182 e. The van der Waals surface area contributed by atoms with E-state index in [0.717, 1.165) is 22.3 Å². The number of aryl methyl sites for hydroxylation is 1. The van der Waals surface area contributed by atoms with E-state index in [1.807, 2.05) is 37.3 Å². The summed E-state index contributed by atoms with van der Waals surface area (Å²) >= 11 is 4.73. The molecule has 82 valence electrons. The molecule has 0 fully saturated rings. The van der Waals surface area contributed by atoms with Gasteiger partial charge in [0.25, 0.3) is 0 Å². The van der Waals surface area contributed by atoms with E-state index in [-0.39, 0.29) is 5.11 Å². The molecule has 0 spiro atoms. The normalized spacial score (nSPS) is 10.1. The number of nitrogens with one attached hydrogen (secondary N) is 2. The SMILES string of the molecule is Cc1ccc2cccc(NNC(N)=S)c2n1. The van der Waals surface area contributed by atoms with Crippen LogP contribution in [-0.4, -0.2) is 10.1 Å². The molecule has 2 aromatic rings. The second-order valence-electron chi connectivity index (χ2n) is 3.44. The predicted octanol–water partition coefficient (Wildman–Crippen LogP) is 1.70. The van der Waals surface area contributed by atoms with Gasteiger partial charge in [-0.25, -0.2) is 0 Å². The molecular formula is C11H12N4S. The molecular weight excluding hydrogens is 220 g/mol. The quantitative estimate of drug-likeness (QED) is 0.543. The Bertz CT molecular complexity index is 538. The second kappa shape index (κ2) is 4.32. The molecule has 1 heterocycles. The van der Waals surface area contributed by atoms with Crippen molar-refractivity contribution in [2.45, 2.75) is 6.92 Å². The lowest BCUT2D eigenvalue weighted by atomic mass is 10.2. The third kappa shape index (κ3) is 2.20. The molecule has 0 amide bonds. The summed E-state index contributed by atoms with van der Waals surface area (Å²) in [5, 5.41) is 1.27. The molecule has 2 rings (SSSR count). The highest BCUT2D eigenvalue weighted by atomic mass is 32.1. The highest BCUT2D eigenvalue weighted by Gasteiger charge is 2.01. The number of aromatic nitrogens is 1. The maximum atomic E-state index is 5.35. The molecule has 0 aliphatic rings. The summed E-state index contributed by atoms with van der Waals surface area (Å²) < 4.78 is 0. The summed E-state index contributed by atoms with van der Waals surface area (Å²) in [5.74, 6) is 0. The highest BCUT2D eigenvalue weighted by Crippen LogP contribution is 2.20. The van der Waals surface area contributed by atoms with Crippen LogP contribution in [0, 0.1) is 6.92 Å². The van der Waals surface area contributed by atoms with E-state index in [1.165, 1.54) is 0 Å². The molecule has 5 heteroatoms. The Morgan fingerprint density at radius 3 is 2.88 bits per heavy atom. The molecule has 1 aromatic heterocycles. The van der Waals surface area contributed by atoms with Crippen LogP contribution in [0.1, 0.15) is 5.69 Å². The summed E-state index contributed by atoms with van der Waals surface area (Å²) in [7, 11) is 0. The van der Waals surface area contributed by atoms with Gasteiger partial charge >= 0.3 is 0 Å². The third-order valence-corrected chi connectivity index (χ3v) is 2.28. The molecule has 0 saturated heterocycles. The number of anilines is 1. The summed E-state index contributed by atoms with van der Waals surface area (Å²) in [6.45, 7) is 1.96. The Morgan fingerprint density at radius 2 is 2.12 bits per heavy atom. The van der Waals surface area contributed by atoms with Crippen LogP contribution in [-0.2, 0) is 0 Å². The van der Waals surface area contributed by atoms with Crippen LogP contribution in [0.3, 0.4) is 0 Å². The fraction of sp³-hybridized carbons (Fsp3) is 0.0909. The standard InChI is InChI=1S/C11H12N4S/c1-7-5-6-8-3-2-4-9(10(8)13-7)14-15-11(12)16/h2-6,14H,1H3,(H3,12,15,16). The van der Waals surface area contributed by atoms with Gasteiger partial charge in [-0.1, -0.05) is 18.2 Å². The molecule has 0 radical (unpaired) electrons. The molecule has 0 aliphatic heterocycles. The minimum Gasteiger partial charge on any atom is -0.375 e. The van der Waals surface area contributed by atoms with Gasteiger partial charge in [-0.15, -0.1) is 0 Å². The molecule has 16 heavy (non-hydrogen) atoms. The number of benzene rings is 1. The van der Waals surface area contributed by atoms with Crippen LogP contribution in [0.4, 0.5) is 5.69 Å². The van der Waals surface area contributed by atoms with Crippen LogP contribution in [0.25, 0.3) is 10.9 Å². The third-order valence-electron chi connectivity index (χ3n) is 2.18. The first-order valence-electron chi connectivity index (χ1n) is 4.84. The minimum atomic E-state index is 0.199. The monoisotopic (exact) mass is 232 g/mol. The Labute approximate surface area is 98.8 Å². The van der Waals surface area contributed by atoms with Crippen molar-refractivity contribution in [1.29, 1.82) is 0 Å². The highest BCUT2D eigenvalue weighted by molar-refractivity contribution is 7.80. The van der Waals surface area contributed by atoms with Crippen molar-refractivity contribution in [3.63, 3.8) is 0 Å². The summed E-state index contributed by atoms with van der Waals surface area (Å²) in [6, 6.07) is 9.88. The number of rotatable bonds is 2. The first kappa shape index (κ1) is 10.6. The molecule has 4 N–H and O–H groups in total. The van der Waals surface area contributed by atoms with Crippen LogP contribution in [0.5, 0.6) is 0 Å². The Hall–Kier alpha value is -1.88. The molecule has 0 saturated carbocycles. The predicted molar refractivity (Wildman–Crippen MR) is 70.0 cm³/mol. The van der Waals surface area contributed by atoms with E-state index < -0.39 is 0 Å². The Morgan fingerprint density at radius 1 is 1.31 bits per heavy atom. The lowest BCUT2D eigenvalue weighted by Crippen LogP contribution is -2.34. The largest absolute Gasteiger partial charge is 0.375 e. The maximum absolute atomic E-state index is 5.35. The van der Waals surface area contributed by atoms with Crippen LogP contribution >= 0.6 is 12.2 Å². The van der Waals surface area contributed by atoms with Gasteiger partial charge in [-0.05, 0) is 31.3 Å². The second-order valence-corrected chi connectivity index (χ2v) is 3.88. The number of hydrogen-bond acceptors (Lipinski definition) is 3. The number of thiocarbonyl (C=S) groups is 1. The van der Waals surface area contributed by atoms with Gasteiger partial charge in [-0.3, -0.25) is 15.8 Å². The van der Waals surface area contributed by atoms with Crippen molar-refractivity contribution in [3.8, 4) is 0 Å². The van der Waals surface area contributed by atoms with Crippen LogP contribution in [0.2, 0.25) is 0 Å². The molecule has 4 nitrogen and oxygen atoms in total. The zero-order chi connectivity index (χ0) is 11.5. The van der Waals surface area contributed by atoms with Gasteiger partial charge < -0.3 is 5.73 Å². The number of pyridine rings is 1. The zero-order valence-corrected chi connectivity index (χ0v) is 9.64. The van der Waals surface area contributed by atoms with E-state index in [1.54, 1.807) is 0 Å². The minimum absolute atomic E-state index is 0.199. The number of nitrogens with two attached hydrogens (primary N) is 1. The van der Waals surface area contributed by atoms with Crippen molar-refractivity contribution in [1.82, 2.24) is 10.4 Å². The maximum Gasteiger partial charge on any atom is 0.182 e. The number of hydrazine groups is 1. The van der Waals surface area contributed by atoms with Crippen molar-refractivity contribution in [3.05, 3.63) is 36.0 Å². The average Bonchev–Trinajstić information content (AvgIpc) is 2.26. The lowest BCUT2D eigenvalue weighted by Gasteiger charge is -2.10. The Balaban J connectivity index is 2.43. The summed E-state index contributed by atoms with van der Waals surface area (Å²) in [4.78, 5) is 4.47. The van der Waals surface area contributed by atoms with E-state index in [9.17, 15) is 0 Å². The van der Waals surface area contributed by atoms with Gasteiger partial charge in [0.1, 0.15) is 0 Å². The van der Waals surface area contributed by atoms with Gasteiger partial charge in [-0.2, -0.15) is 0 Å². The van der Waals surface area contributed by atoms with Gasteiger partial charge in [0.2, 0.25) is 0 Å². The van der Waals surface area contributed by atoms with Crippen LogP contribution < -0.4 is 16.6 Å². The zero-order valence-electron chi connectivity index (χ0n) is 8.82. The first-order valence-corrected chi connectivity index (χ1v) is 5.25. The topological polar surface area (TPSA) is 63.0 Å². The average molecular weight is 232 g/mol. The van der Waals surface area contributed by atoms with Gasteiger partial charge in [0.15, 0.2) is 5.11 Å². The van der Waals surface area contributed by atoms with E-state index in [4.69, 9.17) is 18.0 Å². The van der Waals surface area contributed by atoms with Crippen molar-refractivity contribution in [2.75, 3.05) is 5.43 Å². The molecule has 0 atom stereocenters. The first-order chi connectivity index (χ1) is 7.66. The van der Waals surface area contributed by atoms with Crippen molar-refractivity contribution >= 4 is 33.9 Å². The fourth-order valence-electron chi connectivity index (χ4n) is 1.47. The van der Waals surface area contributed by atoms with Crippen molar-refractivity contribution < 1.29 is 0 Å². The molecule has 1 aromatic carbocycles. The Kier molecular flexibility index (Phi) is 2.87. The van der Waals surface area contributed by atoms with Gasteiger partial charge in [0.05, 0.1) is 11.2 Å². The van der Waals surface area contributed by atoms with E-state index in [2.05, 4.69) is 15.8 Å². The number of hydrogen-bond donors (Lipinski definition) is 3. The van der Waals surface area contributed by atoms with Crippen molar-refractivity contribution in [2.24, 2.45) is 5.73 Å². The van der Waals surface area contributed by atoms with E-state index >= 15 is 0 Å². The summed E-state index contributed by atoms with van der Waals surface area (Å²) in [5.41, 5.74) is 13.7. The number of fused-ring (bicyclic) bond motifs is 1. The summed E-state index contributed by atoms with van der Waals surface area (Å²) in [6.07, 6.45) is 0. The number of nitrogens with zero attached hydrogens (tertiary/aromatic N) is 1. The van der Waals surface area contributed by atoms with Crippen LogP contribution in [0.15, 0.2) is 30.3 Å². The van der Waals surface area contributed by atoms with Gasteiger partial charge in [0, 0.05) is 11.1 Å². The van der Waals surface area contributed by atoms with E-state index in [0.29, 0.717) is 0 Å². The fourth-order valence-corrected chi connectivity index (χ4v) is 1.53. The number of para-hydroxylation sites is 1. The molecule has 0 aliphatic carbocycles. The molecule has 0 unspecified atom stereocenters.